The van der Waals surface area contributed by atoms with Gasteiger partial charge in [0, 0.05) is 28.3 Å². The average Bonchev–Trinajstić information content (AvgIpc) is 2.54. The van der Waals surface area contributed by atoms with Crippen LogP contribution in [0.4, 0.5) is 18.9 Å². The van der Waals surface area contributed by atoms with Crippen molar-refractivity contribution in [1.29, 1.82) is 0 Å². The Hall–Kier alpha value is -1.70. The van der Waals surface area contributed by atoms with E-state index in [1.54, 1.807) is 6.92 Å². The Morgan fingerprint density at radius 3 is 2.46 bits per heavy atom. The molecule has 2 N–H and O–H groups in total. The van der Waals surface area contributed by atoms with Crippen LogP contribution in [0.25, 0.3) is 0 Å². The molecule has 2 rings (SSSR count). The maximum atomic E-state index is 13.2. The molecule has 0 spiro atoms. The highest BCUT2D eigenvalue weighted by Gasteiger charge is 2.15. The normalized spacial score (nSPS) is 12.1. The topological polar surface area (TPSA) is 49.3 Å². The summed E-state index contributed by atoms with van der Waals surface area (Å²) in [5.41, 5.74) is -0.717. The summed E-state index contributed by atoms with van der Waals surface area (Å²) in [6.07, 6.45) is 0.492. The van der Waals surface area contributed by atoms with Gasteiger partial charge in [0.2, 0.25) is 0 Å². The van der Waals surface area contributed by atoms with Crippen molar-refractivity contribution < 1.29 is 23.1 Å². The fraction of sp³-hybridized carbons (Fsp3) is 0.188. The van der Waals surface area contributed by atoms with Crippen LogP contribution >= 0.6 is 23.4 Å². The van der Waals surface area contributed by atoms with Gasteiger partial charge in [0.1, 0.15) is 5.44 Å². The smallest absolute Gasteiger partial charge is 0.255 e. The third-order valence-corrected chi connectivity index (χ3v) is 4.69. The Morgan fingerprint density at radius 2 is 1.88 bits per heavy atom. The number of thioether (sulfide) groups is 1. The number of hydrogen-bond donors (Lipinski definition) is 2. The van der Waals surface area contributed by atoms with Crippen molar-refractivity contribution >= 4 is 35.0 Å². The number of carbonyl (C=O) groups is 1. The molecule has 0 radical (unpaired) electrons. The minimum absolute atomic E-state index is 0.176. The van der Waals surface area contributed by atoms with Crippen molar-refractivity contribution in [2.24, 2.45) is 0 Å². The lowest BCUT2D eigenvalue weighted by Crippen LogP contribution is -2.13. The Bertz CT molecular complexity index is 750. The molecule has 1 amide bonds. The molecule has 1 atom stereocenters. The number of hydrogen-bond acceptors (Lipinski definition) is 3. The summed E-state index contributed by atoms with van der Waals surface area (Å²) in [5.74, 6) is -5.05. The lowest BCUT2D eigenvalue weighted by molar-refractivity contribution is 0.102. The molecule has 24 heavy (non-hydrogen) atoms. The maximum Gasteiger partial charge on any atom is 0.255 e. The standard InChI is InChI=1S/C16H13ClF3NO2S/c1-2-14(22)24-13-5-8(3-4-10(13)17)16(23)21-9-6-11(18)15(20)12(19)7-9/h3-7,14,22H,2H2,1H3,(H,21,23)/t14-/m1/s1. The number of rotatable bonds is 5. The van der Waals surface area contributed by atoms with Crippen molar-refractivity contribution in [3.63, 3.8) is 0 Å². The molecule has 2 aromatic rings. The van der Waals surface area contributed by atoms with E-state index in [0.717, 1.165) is 11.8 Å². The fourth-order valence-corrected chi connectivity index (χ4v) is 2.88. The number of amides is 1. The first-order valence-corrected chi connectivity index (χ1v) is 8.17. The minimum atomic E-state index is -1.60. The zero-order valence-corrected chi connectivity index (χ0v) is 14.0. The van der Waals surface area contributed by atoms with Crippen molar-refractivity contribution in [3.8, 4) is 0 Å². The number of carbonyl (C=O) groups excluding carboxylic acids is 1. The predicted octanol–water partition coefficient (Wildman–Crippen LogP) is 4.83. The largest absolute Gasteiger partial charge is 0.382 e. The van der Waals surface area contributed by atoms with Gasteiger partial charge in [-0.05, 0) is 24.6 Å². The van der Waals surface area contributed by atoms with E-state index in [2.05, 4.69) is 5.32 Å². The second-order valence-corrected chi connectivity index (χ2v) is 6.46. The number of halogens is 4. The van der Waals surface area contributed by atoms with Crippen molar-refractivity contribution in [3.05, 3.63) is 58.4 Å². The van der Waals surface area contributed by atoms with Crippen LogP contribution in [-0.2, 0) is 0 Å². The second kappa shape index (κ2) is 7.92. The SMILES string of the molecule is CC[C@H](O)Sc1cc(C(=O)Nc2cc(F)c(F)c(F)c2)ccc1Cl. The Kier molecular flexibility index (Phi) is 6.15. The molecule has 0 unspecified atom stereocenters. The molecule has 2 aromatic carbocycles. The third-order valence-electron chi connectivity index (χ3n) is 3.05. The first-order chi connectivity index (χ1) is 11.3. The summed E-state index contributed by atoms with van der Waals surface area (Å²) in [4.78, 5) is 12.7. The van der Waals surface area contributed by atoms with E-state index < -0.39 is 28.8 Å². The van der Waals surface area contributed by atoms with E-state index in [1.165, 1.54) is 18.2 Å². The lowest BCUT2D eigenvalue weighted by atomic mass is 10.2. The average molecular weight is 376 g/mol. The minimum Gasteiger partial charge on any atom is -0.382 e. The van der Waals surface area contributed by atoms with Crippen molar-refractivity contribution in [2.75, 3.05) is 5.32 Å². The second-order valence-electron chi connectivity index (χ2n) is 4.83. The van der Waals surface area contributed by atoms with Gasteiger partial charge in [-0.1, -0.05) is 30.3 Å². The van der Waals surface area contributed by atoms with E-state index in [-0.39, 0.29) is 11.3 Å². The first kappa shape index (κ1) is 18.6. The van der Waals surface area contributed by atoms with E-state index in [9.17, 15) is 23.1 Å². The lowest BCUT2D eigenvalue weighted by Gasteiger charge is -2.11. The van der Waals surface area contributed by atoms with E-state index >= 15 is 0 Å². The van der Waals surface area contributed by atoms with Crippen LogP contribution in [0, 0.1) is 17.5 Å². The summed E-state index contributed by atoms with van der Waals surface area (Å²) in [7, 11) is 0. The van der Waals surface area contributed by atoms with Gasteiger partial charge in [0.25, 0.3) is 5.91 Å². The first-order valence-electron chi connectivity index (χ1n) is 6.92. The van der Waals surface area contributed by atoms with Gasteiger partial charge in [-0.3, -0.25) is 4.79 Å². The number of aliphatic hydroxyl groups is 1. The van der Waals surface area contributed by atoms with Crippen LogP contribution in [0.2, 0.25) is 5.02 Å². The Balaban J connectivity index is 2.22. The summed E-state index contributed by atoms with van der Waals surface area (Å²) in [6, 6.07) is 5.73. The molecule has 0 aliphatic heterocycles. The molecule has 128 valence electrons. The quantitative estimate of drug-likeness (QED) is 0.447. The van der Waals surface area contributed by atoms with Crippen LogP contribution in [0.1, 0.15) is 23.7 Å². The van der Waals surface area contributed by atoms with Gasteiger partial charge in [-0.25, -0.2) is 13.2 Å². The highest BCUT2D eigenvalue weighted by molar-refractivity contribution is 7.99. The highest BCUT2D eigenvalue weighted by atomic mass is 35.5. The zero-order chi connectivity index (χ0) is 17.9. The molecule has 0 saturated carbocycles. The van der Waals surface area contributed by atoms with E-state index in [1.807, 2.05) is 0 Å². The van der Waals surface area contributed by atoms with Crippen LogP contribution in [-0.4, -0.2) is 16.4 Å². The highest BCUT2D eigenvalue weighted by Crippen LogP contribution is 2.31. The van der Waals surface area contributed by atoms with Gasteiger partial charge in [0.15, 0.2) is 17.5 Å². The molecule has 0 aliphatic rings. The summed E-state index contributed by atoms with van der Waals surface area (Å²) >= 11 is 7.11. The molecular weight excluding hydrogens is 363 g/mol. The third kappa shape index (κ3) is 4.43. The summed E-state index contributed by atoms with van der Waals surface area (Å²) < 4.78 is 39.3. The molecule has 0 bridgehead atoms. The summed E-state index contributed by atoms with van der Waals surface area (Å²) in [5, 5.41) is 12.3. The van der Waals surface area contributed by atoms with Gasteiger partial charge in [-0.2, -0.15) is 0 Å². The maximum absolute atomic E-state index is 13.2. The van der Waals surface area contributed by atoms with Crippen LogP contribution < -0.4 is 5.32 Å². The monoisotopic (exact) mass is 375 g/mol. The number of anilines is 1. The molecule has 8 heteroatoms. The van der Waals surface area contributed by atoms with Gasteiger partial charge in [0.05, 0.1) is 5.02 Å². The molecule has 0 heterocycles. The van der Waals surface area contributed by atoms with Crippen LogP contribution in [0.5, 0.6) is 0 Å². The van der Waals surface area contributed by atoms with E-state index in [4.69, 9.17) is 11.6 Å². The molecule has 0 aliphatic carbocycles. The van der Waals surface area contributed by atoms with Gasteiger partial charge < -0.3 is 10.4 Å². The fourth-order valence-electron chi connectivity index (χ4n) is 1.80. The van der Waals surface area contributed by atoms with E-state index in [0.29, 0.717) is 28.5 Å². The number of nitrogens with one attached hydrogen (secondary N) is 1. The molecule has 3 nitrogen and oxygen atoms in total. The van der Waals surface area contributed by atoms with Crippen molar-refractivity contribution in [2.45, 2.75) is 23.7 Å². The van der Waals surface area contributed by atoms with Crippen LogP contribution in [0.15, 0.2) is 35.2 Å². The molecular formula is C16H13ClF3NO2S. The molecule has 0 saturated heterocycles. The van der Waals surface area contributed by atoms with Gasteiger partial charge >= 0.3 is 0 Å². The number of benzene rings is 2. The molecule has 0 aromatic heterocycles. The van der Waals surface area contributed by atoms with Gasteiger partial charge in [-0.15, -0.1) is 0 Å². The zero-order valence-electron chi connectivity index (χ0n) is 12.4. The Morgan fingerprint density at radius 1 is 1.25 bits per heavy atom. The Labute approximate surface area is 145 Å². The van der Waals surface area contributed by atoms with Crippen molar-refractivity contribution in [1.82, 2.24) is 0 Å². The summed E-state index contributed by atoms with van der Waals surface area (Å²) in [6.45, 7) is 1.79. The molecule has 0 fully saturated rings. The number of aliphatic hydroxyl groups excluding tert-OH is 1. The predicted molar refractivity (Wildman–Crippen MR) is 87.9 cm³/mol. The van der Waals surface area contributed by atoms with Crippen LogP contribution in [0.3, 0.4) is 0 Å².